The molecule has 32 heavy (non-hydrogen) atoms. The Morgan fingerprint density at radius 1 is 1.03 bits per heavy atom. The van der Waals surface area contributed by atoms with Gasteiger partial charge in [0.2, 0.25) is 0 Å². The lowest BCUT2D eigenvalue weighted by Crippen LogP contribution is -2.36. The van der Waals surface area contributed by atoms with Gasteiger partial charge in [-0.25, -0.2) is 9.18 Å². The first-order valence-corrected chi connectivity index (χ1v) is 10.8. The van der Waals surface area contributed by atoms with Crippen LogP contribution < -0.4 is 5.32 Å². The molecule has 0 saturated heterocycles. The lowest BCUT2D eigenvalue weighted by Gasteiger charge is -2.20. The molecule has 0 bridgehead atoms. The maximum atomic E-state index is 13.9. The fourth-order valence-electron chi connectivity index (χ4n) is 4.03. The number of carbonyl (C=O) groups excluding carboxylic acids is 1. The number of aliphatic hydroxyl groups is 2. The third kappa shape index (κ3) is 4.48. The van der Waals surface area contributed by atoms with Crippen LogP contribution in [0.15, 0.2) is 66.7 Å². The van der Waals surface area contributed by atoms with E-state index in [1.807, 2.05) is 36.4 Å². The Labute approximate surface area is 190 Å². The number of nitrogens with one attached hydrogen (secondary N) is 1. The molecule has 3 aromatic carbocycles. The van der Waals surface area contributed by atoms with Crippen molar-refractivity contribution in [3.63, 3.8) is 0 Å². The van der Waals surface area contributed by atoms with Gasteiger partial charge in [0.1, 0.15) is 24.6 Å². The third-order valence-electron chi connectivity index (χ3n) is 5.73. The fraction of sp³-hybridized carbons (Fsp3) is 0.240. The minimum Gasteiger partial charge on any atom is -0.449 e. The van der Waals surface area contributed by atoms with Crippen LogP contribution in [0.5, 0.6) is 0 Å². The molecule has 0 aromatic heterocycles. The zero-order valence-corrected chi connectivity index (χ0v) is 17.9. The van der Waals surface area contributed by atoms with Crippen LogP contribution in [0.2, 0.25) is 0 Å². The number of hydrogen-bond donors (Lipinski definition) is 3. The molecule has 3 N–H and O–H groups in total. The number of benzene rings is 3. The van der Waals surface area contributed by atoms with Gasteiger partial charge in [-0.15, -0.1) is 11.6 Å². The molecule has 1 aliphatic rings. The van der Waals surface area contributed by atoms with Crippen LogP contribution >= 0.6 is 11.6 Å². The largest absolute Gasteiger partial charge is 0.449 e. The summed E-state index contributed by atoms with van der Waals surface area (Å²) in [5.41, 5.74) is 4.94. The standard InChI is InChI=1S/C25H23ClFNO4/c26-12-16-10-9-15(11-22(16)27)24(30)23(29)13-28-25(31)32-14-21-19-7-3-1-5-17(19)18-6-2-4-8-20(18)21/h1-11,21,23-24,29-30H,12-14H2,(H,28,31). The van der Waals surface area contributed by atoms with Crippen LogP contribution in [-0.4, -0.2) is 35.6 Å². The predicted octanol–water partition coefficient (Wildman–Crippen LogP) is 4.50. The highest BCUT2D eigenvalue weighted by atomic mass is 35.5. The SMILES string of the molecule is O=C(NCC(O)C(O)c1ccc(CCl)c(F)c1)OCC1c2ccccc2-c2ccccc21. The topological polar surface area (TPSA) is 78.8 Å². The maximum absolute atomic E-state index is 13.9. The third-order valence-corrected chi connectivity index (χ3v) is 6.01. The number of hydrogen-bond acceptors (Lipinski definition) is 4. The van der Waals surface area contributed by atoms with Crippen molar-refractivity contribution in [3.8, 4) is 11.1 Å². The average molecular weight is 456 g/mol. The summed E-state index contributed by atoms with van der Waals surface area (Å²) in [7, 11) is 0. The molecule has 0 fully saturated rings. The van der Waals surface area contributed by atoms with Crippen molar-refractivity contribution in [3.05, 3.63) is 94.8 Å². The molecular weight excluding hydrogens is 433 g/mol. The van der Waals surface area contributed by atoms with Crippen LogP contribution in [0, 0.1) is 5.82 Å². The smallest absolute Gasteiger partial charge is 0.407 e. The van der Waals surface area contributed by atoms with Crippen molar-refractivity contribution in [2.45, 2.75) is 24.0 Å². The van der Waals surface area contributed by atoms with Crippen molar-refractivity contribution in [1.82, 2.24) is 5.32 Å². The van der Waals surface area contributed by atoms with E-state index in [1.165, 1.54) is 12.1 Å². The van der Waals surface area contributed by atoms with E-state index in [0.29, 0.717) is 5.56 Å². The molecule has 2 unspecified atom stereocenters. The van der Waals surface area contributed by atoms with Crippen molar-refractivity contribution in [1.29, 1.82) is 0 Å². The van der Waals surface area contributed by atoms with Gasteiger partial charge >= 0.3 is 6.09 Å². The summed E-state index contributed by atoms with van der Waals surface area (Å²) in [6.07, 6.45) is -3.42. The van der Waals surface area contributed by atoms with Gasteiger partial charge in [0.15, 0.2) is 0 Å². The molecule has 0 saturated carbocycles. The fourth-order valence-corrected chi connectivity index (χ4v) is 4.24. The van der Waals surface area contributed by atoms with Crippen LogP contribution in [0.3, 0.4) is 0 Å². The molecular formula is C25H23ClFNO4. The Morgan fingerprint density at radius 3 is 2.25 bits per heavy atom. The van der Waals surface area contributed by atoms with Crippen LogP contribution in [0.1, 0.15) is 34.3 Å². The number of amides is 1. The highest BCUT2D eigenvalue weighted by Crippen LogP contribution is 2.44. The van der Waals surface area contributed by atoms with E-state index in [1.54, 1.807) is 0 Å². The van der Waals surface area contributed by atoms with Gasteiger partial charge in [-0.2, -0.15) is 0 Å². The zero-order chi connectivity index (χ0) is 22.7. The van der Waals surface area contributed by atoms with Crippen LogP contribution in [0.25, 0.3) is 11.1 Å². The highest BCUT2D eigenvalue weighted by molar-refractivity contribution is 6.17. The summed E-state index contributed by atoms with van der Waals surface area (Å²) in [5, 5.41) is 22.9. The molecule has 1 aliphatic carbocycles. The number of alkyl carbamates (subject to hydrolysis) is 1. The summed E-state index contributed by atoms with van der Waals surface area (Å²) >= 11 is 5.63. The van der Waals surface area contributed by atoms with Gasteiger partial charge in [-0.05, 0) is 33.9 Å². The van der Waals surface area contributed by atoms with Gasteiger partial charge in [0, 0.05) is 18.0 Å². The Balaban J connectivity index is 1.33. The number of rotatable bonds is 7. The number of ether oxygens (including phenoxy) is 1. The second kappa shape index (κ2) is 9.69. The van der Waals surface area contributed by atoms with Crippen molar-refractivity contribution >= 4 is 17.7 Å². The molecule has 5 nitrogen and oxygen atoms in total. The lowest BCUT2D eigenvalue weighted by atomic mass is 9.98. The zero-order valence-electron chi connectivity index (χ0n) is 17.2. The molecule has 3 aromatic rings. The van der Waals surface area contributed by atoms with E-state index in [2.05, 4.69) is 17.4 Å². The number of alkyl halides is 1. The van der Waals surface area contributed by atoms with Crippen molar-refractivity contribution in [2.24, 2.45) is 0 Å². The molecule has 2 atom stereocenters. The van der Waals surface area contributed by atoms with Gasteiger partial charge < -0.3 is 20.3 Å². The highest BCUT2D eigenvalue weighted by Gasteiger charge is 2.29. The molecule has 7 heteroatoms. The molecule has 0 radical (unpaired) electrons. The van der Waals surface area contributed by atoms with Gasteiger partial charge in [0.05, 0.1) is 5.88 Å². The number of carbonyl (C=O) groups is 1. The first kappa shape index (κ1) is 22.3. The summed E-state index contributed by atoms with van der Waals surface area (Å²) in [5.74, 6) is -0.631. The first-order chi connectivity index (χ1) is 15.5. The molecule has 4 rings (SSSR count). The quantitative estimate of drug-likeness (QED) is 0.458. The molecule has 166 valence electrons. The minimum atomic E-state index is -1.37. The predicted molar refractivity (Wildman–Crippen MR) is 120 cm³/mol. The van der Waals surface area contributed by atoms with E-state index >= 15 is 0 Å². The molecule has 0 heterocycles. The van der Waals surface area contributed by atoms with Gasteiger partial charge in [-0.1, -0.05) is 60.7 Å². The average Bonchev–Trinajstić information content (AvgIpc) is 3.14. The summed E-state index contributed by atoms with van der Waals surface area (Å²) in [6, 6.07) is 20.1. The second-order valence-corrected chi connectivity index (χ2v) is 7.97. The van der Waals surface area contributed by atoms with Gasteiger partial charge in [0.25, 0.3) is 0 Å². The second-order valence-electron chi connectivity index (χ2n) is 7.70. The summed E-state index contributed by atoms with van der Waals surface area (Å²) < 4.78 is 19.3. The monoisotopic (exact) mass is 455 g/mol. The normalized spacial score (nSPS) is 14.4. The van der Waals surface area contributed by atoms with Gasteiger partial charge in [-0.3, -0.25) is 0 Å². The number of halogens is 2. The van der Waals surface area contributed by atoms with Crippen molar-refractivity contribution < 1.29 is 24.1 Å². The van der Waals surface area contributed by atoms with E-state index in [-0.39, 0.29) is 30.5 Å². The van der Waals surface area contributed by atoms with E-state index < -0.39 is 24.1 Å². The van der Waals surface area contributed by atoms with E-state index in [9.17, 15) is 19.4 Å². The molecule has 1 amide bonds. The Morgan fingerprint density at radius 2 is 1.66 bits per heavy atom. The number of fused-ring (bicyclic) bond motifs is 3. The first-order valence-electron chi connectivity index (χ1n) is 10.3. The summed E-state index contributed by atoms with van der Waals surface area (Å²) in [6.45, 7) is -0.111. The molecule has 0 spiro atoms. The molecule has 0 aliphatic heterocycles. The van der Waals surface area contributed by atoms with E-state index in [4.69, 9.17) is 16.3 Å². The Bertz CT molecular complexity index is 1080. The Hall–Kier alpha value is -2.93. The van der Waals surface area contributed by atoms with Crippen LogP contribution in [0.4, 0.5) is 9.18 Å². The lowest BCUT2D eigenvalue weighted by molar-refractivity contribution is 0.0184. The maximum Gasteiger partial charge on any atom is 0.407 e. The minimum absolute atomic E-state index is 0.00804. The van der Waals surface area contributed by atoms with E-state index in [0.717, 1.165) is 28.3 Å². The Kier molecular flexibility index (Phi) is 6.74. The van der Waals surface area contributed by atoms with Crippen LogP contribution in [-0.2, 0) is 10.6 Å². The summed E-state index contributed by atoms with van der Waals surface area (Å²) in [4.78, 5) is 12.2. The van der Waals surface area contributed by atoms with Crippen molar-refractivity contribution in [2.75, 3.05) is 13.2 Å². The number of aliphatic hydroxyl groups excluding tert-OH is 2.